The number of hydrogen-bond acceptors (Lipinski definition) is 5. The Morgan fingerprint density at radius 2 is 1.95 bits per heavy atom. The van der Waals surface area contributed by atoms with Gasteiger partial charge in [-0.1, -0.05) is 6.07 Å². The summed E-state index contributed by atoms with van der Waals surface area (Å²) in [4.78, 5) is 12.3. The number of fused-ring (bicyclic) bond motifs is 1. The van der Waals surface area contributed by atoms with Gasteiger partial charge in [0, 0.05) is 0 Å². The monoisotopic (exact) mass is 298 g/mol. The number of hydrogen-bond donors (Lipinski definition) is 2. The number of allylic oxidation sites excluding steroid dienone is 1. The first-order valence-electron chi connectivity index (χ1n) is 6.65. The van der Waals surface area contributed by atoms with Crippen molar-refractivity contribution in [3.63, 3.8) is 0 Å². The van der Waals surface area contributed by atoms with Crippen LogP contribution < -0.4 is 9.47 Å². The highest BCUT2D eigenvalue weighted by atomic mass is 16.5. The second-order valence-corrected chi connectivity index (χ2v) is 4.98. The molecule has 0 atom stereocenters. The fourth-order valence-corrected chi connectivity index (χ4v) is 2.37. The number of aryl methyl sites for hydroxylation is 1. The molecule has 0 aromatic heterocycles. The van der Waals surface area contributed by atoms with Crippen LogP contribution in [0.4, 0.5) is 0 Å². The average molecular weight is 298 g/mol. The maximum absolute atomic E-state index is 12.3. The molecule has 0 saturated heterocycles. The standard InChI is InChI=1S/C17H14O5/c1-9-7-10(3-6-13(9)21-2)8-14-15(19)11-4-5-12(18)16(20)17(11)22-14/h3-8,18,20H,1-2H3/b14-8-. The van der Waals surface area contributed by atoms with Gasteiger partial charge in [0.25, 0.3) is 0 Å². The maximum Gasteiger partial charge on any atom is 0.232 e. The number of carbonyl (C=O) groups is 1. The number of ether oxygens (including phenoxy) is 2. The van der Waals surface area contributed by atoms with E-state index in [1.165, 1.54) is 12.1 Å². The van der Waals surface area contributed by atoms with Gasteiger partial charge < -0.3 is 19.7 Å². The minimum absolute atomic E-state index is 0.0125. The molecule has 0 aliphatic carbocycles. The highest BCUT2D eigenvalue weighted by Gasteiger charge is 2.31. The largest absolute Gasteiger partial charge is 0.504 e. The molecule has 0 saturated carbocycles. The molecular weight excluding hydrogens is 284 g/mol. The second-order valence-electron chi connectivity index (χ2n) is 4.98. The first kappa shape index (κ1) is 14.0. The Morgan fingerprint density at radius 3 is 2.64 bits per heavy atom. The normalized spacial score (nSPS) is 14.8. The van der Waals surface area contributed by atoms with E-state index in [0.29, 0.717) is 0 Å². The molecule has 0 amide bonds. The Morgan fingerprint density at radius 1 is 1.18 bits per heavy atom. The minimum atomic E-state index is -0.430. The first-order valence-corrected chi connectivity index (χ1v) is 6.65. The second kappa shape index (κ2) is 5.11. The van der Waals surface area contributed by atoms with Gasteiger partial charge in [0.15, 0.2) is 17.3 Å². The highest BCUT2D eigenvalue weighted by molar-refractivity contribution is 6.15. The molecule has 0 radical (unpaired) electrons. The number of Topliss-reactive ketones (excluding diaryl/α,β-unsaturated/α-hetero) is 1. The van der Waals surface area contributed by atoms with Crippen LogP contribution in [0.3, 0.4) is 0 Å². The lowest BCUT2D eigenvalue weighted by Crippen LogP contribution is -1.98. The quantitative estimate of drug-likeness (QED) is 0.658. The van der Waals surface area contributed by atoms with E-state index in [-0.39, 0.29) is 28.6 Å². The summed E-state index contributed by atoms with van der Waals surface area (Å²) in [6.45, 7) is 1.90. The van der Waals surface area contributed by atoms with Crippen LogP contribution in [-0.2, 0) is 0 Å². The van der Waals surface area contributed by atoms with Crippen molar-refractivity contribution in [2.75, 3.05) is 7.11 Å². The fourth-order valence-electron chi connectivity index (χ4n) is 2.37. The molecule has 0 unspecified atom stereocenters. The molecule has 3 rings (SSSR count). The average Bonchev–Trinajstić information content (AvgIpc) is 2.81. The third-order valence-electron chi connectivity index (χ3n) is 3.51. The van der Waals surface area contributed by atoms with Crippen molar-refractivity contribution in [1.82, 2.24) is 0 Å². The van der Waals surface area contributed by atoms with Crippen molar-refractivity contribution in [1.29, 1.82) is 0 Å². The third kappa shape index (κ3) is 2.16. The molecule has 1 aliphatic heterocycles. The van der Waals surface area contributed by atoms with Crippen LogP contribution in [0.15, 0.2) is 36.1 Å². The highest BCUT2D eigenvalue weighted by Crippen LogP contribution is 2.44. The van der Waals surface area contributed by atoms with Crippen molar-refractivity contribution in [3.05, 3.63) is 52.8 Å². The SMILES string of the molecule is COc1ccc(/C=C2\Oc3c(ccc(O)c3O)C2=O)cc1C. The smallest absolute Gasteiger partial charge is 0.232 e. The lowest BCUT2D eigenvalue weighted by molar-refractivity contribution is 0.101. The topological polar surface area (TPSA) is 76.0 Å². The van der Waals surface area contributed by atoms with E-state index >= 15 is 0 Å². The number of rotatable bonds is 2. The molecule has 2 aromatic carbocycles. The molecular formula is C17H14O5. The van der Waals surface area contributed by atoms with E-state index in [1.54, 1.807) is 25.3 Å². The molecule has 5 heteroatoms. The predicted molar refractivity (Wildman–Crippen MR) is 80.4 cm³/mol. The summed E-state index contributed by atoms with van der Waals surface area (Å²) in [5, 5.41) is 19.2. The van der Waals surface area contributed by atoms with Crippen LogP contribution in [0, 0.1) is 6.92 Å². The Hall–Kier alpha value is -2.95. The van der Waals surface area contributed by atoms with Gasteiger partial charge in [-0.15, -0.1) is 0 Å². The van der Waals surface area contributed by atoms with Crippen LogP contribution >= 0.6 is 0 Å². The number of benzene rings is 2. The van der Waals surface area contributed by atoms with E-state index in [4.69, 9.17) is 9.47 Å². The number of methoxy groups -OCH3 is 1. The Bertz CT molecular complexity index is 805. The molecule has 0 bridgehead atoms. The fraction of sp³-hybridized carbons (Fsp3) is 0.118. The van der Waals surface area contributed by atoms with Crippen molar-refractivity contribution in [2.24, 2.45) is 0 Å². The third-order valence-corrected chi connectivity index (χ3v) is 3.51. The zero-order valence-corrected chi connectivity index (χ0v) is 12.1. The molecule has 112 valence electrons. The summed E-state index contributed by atoms with van der Waals surface area (Å²) in [6.07, 6.45) is 1.59. The Labute approximate surface area is 127 Å². The van der Waals surface area contributed by atoms with E-state index < -0.39 is 5.75 Å². The number of ketones is 1. The predicted octanol–water partition coefficient (Wildman–Crippen LogP) is 3.03. The van der Waals surface area contributed by atoms with Crippen LogP contribution in [-0.4, -0.2) is 23.1 Å². The van der Waals surface area contributed by atoms with Gasteiger partial charge in [0.05, 0.1) is 12.7 Å². The molecule has 2 N–H and O–H groups in total. The summed E-state index contributed by atoms with van der Waals surface area (Å²) in [5.74, 6) is -0.249. The van der Waals surface area contributed by atoms with E-state index in [2.05, 4.69) is 0 Å². The van der Waals surface area contributed by atoms with Crippen LogP contribution in [0.25, 0.3) is 6.08 Å². The summed E-state index contributed by atoms with van der Waals surface area (Å²) in [6, 6.07) is 8.15. The Balaban J connectivity index is 1.99. The van der Waals surface area contributed by atoms with Gasteiger partial charge in [0.2, 0.25) is 11.5 Å². The lowest BCUT2D eigenvalue weighted by atomic mass is 10.1. The molecule has 1 heterocycles. The lowest BCUT2D eigenvalue weighted by Gasteiger charge is -2.05. The van der Waals surface area contributed by atoms with E-state index in [1.807, 2.05) is 13.0 Å². The van der Waals surface area contributed by atoms with Gasteiger partial charge >= 0.3 is 0 Å². The molecule has 22 heavy (non-hydrogen) atoms. The summed E-state index contributed by atoms with van der Waals surface area (Å²) >= 11 is 0. The van der Waals surface area contributed by atoms with E-state index in [9.17, 15) is 15.0 Å². The Kier molecular flexibility index (Phi) is 3.25. The first-order chi connectivity index (χ1) is 10.5. The van der Waals surface area contributed by atoms with Crippen LogP contribution in [0.5, 0.6) is 23.0 Å². The van der Waals surface area contributed by atoms with Crippen molar-refractivity contribution < 1.29 is 24.5 Å². The number of phenols is 2. The zero-order valence-electron chi connectivity index (χ0n) is 12.1. The molecule has 0 spiro atoms. The zero-order chi connectivity index (χ0) is 15.9. The van der Waals surface area contributed by atoms with E-state index in [0.717, 1.165) is 16.9 Å². The van der Waals surface area contributed by atoms with Crippen molar-refractivity contribution >= 4 is 11.9 Å². The summed E-state index contributed by atoms with van der Waals surface area (Å²) in [5.41, 5.74) is 1.94. The molecule has 2 aromatic rings. The van der Waals surface area contributed by atoms with Gasteiger partial charge in [-0.2, -0.15) is 0 Å². The number of phenolic OH excluding ortho intramolecular Hbond substituents is 2. The maximum atomic E-state index is 12.3. The summed E-state index contributed by atoms with van der Waals surface area (Å²) in [7, 11) is 1.59. The van der Waals surface area contributed by atoms with Gasteiger partial charge in [-0.25, -0.2) is 0 Å². The number of carbonyl (C=O) groups excluding carboxylic acids is 1. The molecule has 0 fully saturated rings. The number of aromatic hydroxyl groups is 2. The summed E-state index contributed by atoms with van der Waals surface area (Å²) < 4.78 is 10.6. The van der Waals surface area contributed by atoms with Crippen LogP contribution in [0.2, 0.25) is 0 Å². The van der Waals surface area contributed by atoms with Gasteiger partial charge in [0.1, 0.15) is 5.75 Å². The van der Waals surface area contributed by atoms with Gasteiger partial charge in [-0.3, -0.25) is 4.79 Å². The minimum Gasteiger partial charge on any atom is -0.504 e. The van der Waals surface area contributed by atoms with Crippen LogP contribution in [0.1, 0.15) is 21.5 Å². The van der Waals surface area contributed by atoms with Crippen molar-refractivity contribution in [2.45, 2.75) is 6.92 Å². The molecule has 5 nitrogen and oxygen atoms in total. The van der Waals surface area contributed by atoms with Gasteiger partial charge in [-0.05, 0) is 48.4 Å². The van der Waals surface area contributed by atoms with Crippen molar-refractivity contribution in [3.8, 4) is 23.0 Å². The molecule has 1 aliphatic rings.